The second-order valence-electron chi connectivity index (χ2n) is 6.56. The van der Waals surface area contributed by atoms with Crippen LogP contribution in [0.2, 0.25) is 0 Å². The molecule has 0 fully saturated rings. The summed E-state index contributed by atoms with van der Waals surface area (Å²) in [4.78, 5) is 51.5. The van der Waals surface area contributed by atoms with E-state index in [2.05, 4.69) is 10.3 Å². The van der Waals surface area contributed by atoms with Gasteiger partial charge >= 0.3 is 5.97 Å². The molecule has 1 atom stereocenters. The van der Waals surface area contributed by atoms with Crippen molar-refractivity contribution in [3.05, 3.63) is 52.3 Å². The van der Waals surface area contributed by atoms with Crippen molar-refractivity contribution in [1.29, 1.82) is 0 Å². The normalized spacial score (nSPS) is 11.5. The lowest BCUT2D eigenvalue weighted by atomic mass is 10.0. The summed E-state index contributed by atoms with van der Waals surface area (Å²) in [5.41, 5.74) is 2.07. The Kier molecular flexibility index (Phi) is 6.93. The smallest absolute Gasteiger partial charge is 0.326 e. The van der Waals surface area contributed by atoms with Crippen LogP contribution in [-0.2, 0) is 9.53 Å². The van der Waals surface area contributed by atoms with E-state index in [1.165, 1.54) is 21.0 Å². The van der Waals surface area contributed by atoms with E-state index in [1.54, 1.807) is 38.1 Å². The molecule has 1 aromatic heterocycles. The van der Waals surface area contributed by atoms with E-state index >= 15 is 0 Å². The number of carbonyl (C=O) groups excluding carboxylic acids is 4. The number of Topliss-reactive ketones (excluding diaryl/α,β-unsaturated/α-hetero) is 2. The molecule has 0 aliphatic rings. The number of hydrogen-bond donors (Lipinski definition) is 2. The SMILES string of the molecule is COc1ccccc1C(=O)NCC(=O)OC(C)C(=O)c1[nH]c(C)c(C(C)=O)c1C. The minimum Gasteiger partial charge on any atom is -0.496 e. The molecule has 0 aliphatic heterocycles. The molecule has 2 rings (SSSR count). The van der Waals surface area contributed by atoms with E-state index in [4.69, 9.17) is 9.47 Å². The topological polar surface area (TPSA) is 115 Å². The lowest BCUT2D eigenvalue weighted by molar-refractivity contribution is -0.145. The highest BCUT2D eigenvalue weighted by atomic mass is 16.5. The first kappa shape index (κ1) is 21.9. The highest BCUT2D eigenvalue weighted by molar-refractivity contribution is 6.05. The van der Waals surface area contributed by atoms with Gasteiger partial charge in [-0.2, -0.15) is 0 Å². The zero-order chi connectivity index (χ0) is 21.7. The molecule has 0 saturated carbocycles. The number of aromatic nitrogens is 1. The van der Waals surface area contributed by atoms with Crippen molar-refractivity contribution in [1.82, 2.24) is 10.3 Å². The molecule has 1 heterocycles. The van der Waals surface area contributed by atoms with Gasteiger partial charge in [0, 0.05) is 11.3 Å². The quantitative estimate of drug-likeness (QED) is 0.519. The molecule has 1 amide bonds. The number of aryl methyl sites for hydroxylation is 1. The molecule has 0 saturated heterocycles. The van der Waals surface area contributed by atoms with E-state index < -0.39 is 30.3 Å². The Morgan fingerprint density at radius 1 is 1.14 bits per heavy atom. The summed E-state index contributed by atoms with van der Waals surface area (Å²) >= 11 is 0. The van der Waals surface area contributed by atoms with Crippen molar-refractivity contribution < 1.29 is 28.7 Å². The summed E-state index contributed by atoms with van der Waals surface area (Å²) in [6.45, 7) is 5.81. The van der Waals surface area contributed by atoms with Crippen LogP contribution in [-0.4, -0.2) is 48.2 Å². The maximum atomic E-state index is 12.6. The van der Waals surface area contributed by atoms with Crippen molar-refractivity contribution in [3.8, 4) is 5.75 Å². The summed E-state index contributed by atoms with van der Waals surface area (Å²) in [7, 11) is 1.44. The van der Waals surface area contributed by atoms with Gasteiger partial charge in [-0.05, 0) is 45.4 Å². The number of benzene rings is 1. The van der Waals surface area contributed by atoms with Crippen LogP contribution in [0.25, 0.3) is 0 Å². The number of rotatable bonds is 8. The predicted octanol–water partition coefficient (Wildman–Crippen LogP) is 2.39. The number of methoxy groups -OCH3 is 1. The number of nitrogens with one attached hydrogen (secondary N) is 2. The summed E-state index contributed by atoms with van der Waals surface area (Å²) in [6.07, 6.45) is -1.08. The Morgan fingerprint density at radius 3 is 2.38 bits per heavy atom. The monoisotopic (exact) mass is 400 g/mol. The Morgan fingerprint density at radius 2 is 1.79 bits per heavy atom. The van der Waals surface area contributed by atoms with Crippen molar-refractivity contribution in [2.24, 2.45) is 0 Å². The fourth-order valence-electron chi connectivity index (χ4n) is 3.10. The lowest BCUT2D eigenvalue weighted by Gasteiger charge is -2.13. The van der Waals surface area contributed by atoms with E-state index in [0.29, 0.717) is 22.6 Å². The average Bonchev–Trinajstić information content (AvgIpc) is 2.99. The minimum absolute atomic E-state index is 0.154. The van der Waals surface area contributed by atoms with Gasteiger partial charge in [0.05, 0.1) is 18.4 Å². The van der Waals surface area contributed by atoms with E-state index in [-0.39, 0.29) is 17.0 Å². The van der Waals surface area contributed by atoms with Crippen LogP contribution in [0.1, 0.15) is 56.3 Å². The lowest BCUT2D eigenvalue weighted by Crippen LogP contribution is -2.34. The molecule has 8 heteroatoms. The van der Waals surface area contributed by atoms with Crippen LogP contribution in [0.15, 0.2) is 24.3 Å². The van der Waals surface area contributed by atoms with Crippen LogP contribution in [0.3, 0.4) is 0 Å². The van der Waals surface area contributed by atoms with Crippen LogP contribution in [0.5, 0.6) is 5.75 Å². The fourth-order valence-corrected chi connectivity index (χ4v) is 3.10. The van der Waals surface area contributed by atoms with Crippen LogP contribution >= 0.6 is 0 Å². The molecule has 1 unspecified atom stereocenters. The van der Waals surface area contributed by atoms with Gasteiger partial charge in [-0.3, -0.25) is 19.2 Å². The van der Waals surface area contributed by atoms with Crippen molar-refractivity contribution in [2.45, 2.75) is 33.8 Å². The number of aromatic amines is 1. The number of hydrogen-bond acceptors (Lipinski definition) is 6. The van der Waals surface area contributed by atoms with Crippen molar-refractivity contribution >= 4 is 23.4 Å². The second kappa shape index (κ2) is 9.18. The third-order valence-electron chi connectivity index (χ3n) is 4.46. The first-order valence-electron chi connectivity index (χ1n) is 9.02. The first-order valence-corrected chi connectivity index (χ1v) is 9.02. The molecule has 0 radical (unpaired) electrons. The number of ether oxygens (including phenoxy) is 2. The number of carbonyl (C=O) groups is 4. The summed E-state index contributed by atoms with van der Waals surface area (Å²) in [5, 5.41) is 2.44. The number of esters is 1. The van der Waals surface area contributed by atoms with Crippen LogP contribution in [0.4, 0.5) is 0 Å². The number of ketones is 2. The van der Waals surface area contributed by atoms with Crippen molar-refractivity contribution in [2.75, 3.05) is 13.7 Å². The maximum absolute atomic E-state index is 12.6. The van der Waals surface area contributed by atoms with Gasteiger partial charge in [0.25, 0.3) is 5.91 Å². The molecule has 0 spiro atoms. The second-order valence-corrected chi connectivity index (χ2v) is 6.56. The number of para-hydroxylation sites is 1. The molecule has 0 aliphatic carbocycles. The molecule has 29 heavy (non-hydrogen) atoms. The van der Waals surface area contributed by atoms with E-state index in [1.807, 2.05) is 0 Å². The Hall–Kier alpha value is -3.42. The summed E-state index contributed by atoms with van der Waals surface area (Å²) in [6, 6.07) is 6.59. The van der Waals surface area contributed by atoms with Crippen molar-refractivity contribution in [3.63, 3.8) is 0 Å². The van der Waals surface area contributed by atoms with E-state index in [0.717, 1.165) is 0 Å². The molecule has 154 valence electrons. The highest BCUT2D eigenvalue weighted by Gasteiger charge is 2.26. The standard InChI is InChI=1S/C21H24N2O6/c1-11-18(13(3)24)12(2)23-19(11)20(26)14(4)29-17(25)10-22-21(27)15-8-6-7-9-16(15)28-5/h6-9,14,23H,10H2,1-5H3,(H,22,27). The predicted molar refractivity (Wildman–Crippen MR) is 105 cm³/mol. The Bertz CT molecular complexity index is 960. The van der Waals surface area contributed by atoms with Gasteiger partial charge < -0.3 is 19.8 Å². The molecule has 8 nitrogen and oxygen atoms in total. The summed E-state index contributed by atoms with van der Waals surface area (Å²) < 4.78 is 10.2. The van der Waals surface area contributed by atoms with Gasteiger partial charge in [0.1, 0.15) is 12.3 Å². The van der Waals surface area contributed by atoms with E-state index in [9.17, 15) is 19.2 Å². The molecular weight excluding hydrogens is 376 g/mol. The van der Waals surface area contributed by atoms with Gasteiger partial charge in [0.15, 0.2) is 11.9 Å². The number of amides is 1. The first-order chi connectivity index (χ1) is 13.7. The molecule has 1 aromatic carbocycles. The molecule has 2 N–H and O–H groups in total. The van der Waals surface area contributed by atoms with Gasteiger partial charge in [0.2, 0.25) is 5.78 Å². The molecule has 0 bridgehead atoms. The zero-order valence-electron chi connectivity index (χ0n) is 17.0. The zero-order valence-corrected chi connectivity index (χ0v) is 17.0. The molecule has 2 aromatic rings. The Labute approximate surface area is 168 Å². The summed E-state index contributed by atoms with van der Waals surface area (Å²) in [5.74, 6) is -1.50. The van der Waals surface area contributed by atoms with Gasteiger partial charge in [-0.15, -0.1) is 0 Å². The molecular formula is C21H24N2O6. The largest absolute Gasteiger partial charge is 0.496 e. The third-order valence-corrected chi connectivity index (χ3v) is 4.46. The highest BCUT2D eigenvalue weighted by Crippen LogP contribution is 2.20. The third kappa shape index (κ3) is 4.90. The van der Waals surface area contributed by atoms with Crippen LogP contribution < -0.4 is 10.1 Å². The number of H-pyrrole nitrogens is 1. The maximum Gasteiger partial charge on any atom is 0.326 e. The Balaban J connectivity index is 1.99. The van der Waals surface area contributed by atoms with Gasteiger partial charge in [-0.25, -0.2) is 0 Å². The average molecular weight is 400 g/mol. The minimum atomic E-state index is -1.08. The van der Waals surface area contributed by atoms with Gasteiger partial charge in [-0.1, -0.05) is 12.1 Å². The fraction of sp³-hybridized carbons (Fsp3) is 0.333. The van der Waals surface area contributed by atoms with Crippen LogP contribution in [0, 0.1) is 13.8 Å².